The van der Waals surface area contributed by atoms with Crippen molar-refractivity contribution >= 4 is 12.0 Å². The summed E-state index contributed by atoms with van der Waals surface area (Å²) < 4.78 is 5.45. The van der Waals surface area contributed by atoms with E-state index in [2.05, 4.69) is 10.6 Å². The summed E-state index contributed by atoms with van der Waals surface area (Å²) in [7, 11) is 0. The number of furan rings is 1. The van der Waals surface area contributed by atoms with E-state index in [4.69, 9.17) is 9.52 Å². The standard InChI is InChI=1S/C15H22N2O4/c1-8-7-12(10(3)21-8)9(2)16-15(20)17-13-6-4-5-11(13)14(18)19/h7,9,11,13H,4-6H2,1-3H3,(H,18,19)(H2,16,17,20). The number of carboxylic acids is 1. The fourth-order valence-corrected chi connectivity index (χ4v) is 2.99. The van der Waals surface area contributed by atoms with Gasteiger partial charge >= 0.3 is 12.0 Å². The fraction of sp³-hybridized carbons (Fsp3) is 0.600. The third-order valence-electron chi connectivity index (χ3n) is 4.04. The Bertz CT molecular complexity index is 538. The first-order chi connectivity index (χ1) is 9.88. The molecule has 0 spiro atoms. The maximum Gasteiger partial charge on any atom is 0.315 e. The van der Waals surface area contributed by atoms with E-state index < -0.39 is 11.9 Å². The van der Waals surface area contributed by atoms with Crippen molar-refractivity contribution in [3.8, 4) is 0 Å². The van der Waals surface area contributed by atoms with Crippen LogP contribution in [0.2, 0.25) is 0 Å². The summed E-state index contributed by atoms with van der Waals surface area (Å²) >= 11 is 0. The first-order valence-corrected chi connectivity index (χ1v) is 7.25. The van der Waals surface area contributed by atoms with Crippen LogP contribution in [-0.4, -0.2) is 23.1 Å². The highest BCUT2D eigenvalue weighted by Crippen LogP contribution is 2.26. The Balaban J connectivity index is 1.92. The lowest BCUT2D eigenvalue weighted by Gasteiger charge is -2.20. The lowest BCUT2D eigenvalue weighted by atomic mass is 10.0. The smallest absolute Gasteiger partial charge is 0.315 e. The summed E-state index contributed by atoms with van der Waals surface area (Å²) in [5.74, 6) is 0.263. The monoisotopic (exact) mass is 294 g/mol. The van der Waals surface area contributed by atoms with Gasteiger partial charge in [0.1, 0.15) is 11.5 Å². The maximum absolute atomic E-state index is 12.0. The van der Waals surface area contributed by atoms with Crippen LogP contribution in [0.3, 0.4) is 0 Å². The van der Waals surface area contributed by atoms with Gasteiger partial charge in [-0.2, -0.15) is 0 Å². The van der Waals surface area contributed by atoms with Crippen molar-refractivity contribution in [1.29, 1.82) is 0 Å². The number of amides is 2. The van der Waals surface area contributed by atoms with Gasteiger partial charge in [0.05, 0.1) is 12.0 Å². The minimum atomic E-state index is -0.841. The predicted octanol–water partition coefficient (Wildman–Crippen LogP) is 2.51. The number of carbonyl (C=O) groups is 2. The summed E-state index contributed by atoms with van der Waals surface area (Å²) in [4.78, 5) is 23.1. The van der Waals surface area contributed by atoms with E-state index in [0.29, 0.717) is 12.8 Å². The molecule has 1 heterocycles. The molecule has 0 saturated heterocycles. The largest absolute Gasteiger partial charge is 0.481 e. The van der Waals surface area contributed by atoms with Gasteiger partial charge in [-0.1, -0.05) is 6.42 Å². The van der Waals surface area contributed by atoms with Crippen molar-refractivity contribution in [1.82, 2.24) is 10.6 Å². The first kappa shape index (κ1) is 15.4. The zero-order valence-electron chi connectivity index (χ0n) is 12.6. The van der Waals surface area contributed by atoms with E-state index in [9.17, 15) is 9.59 Å². The molecule has 1 aromatic heterocycles. The Hall–Kier alpha value is -1.98. The third-order valence-corrected chi connectivity index (χ3v) is 4.04. The second kappa shape index (κ2) is 6.20. The molecule has 1 aliphatic carbocycles. The highest BCUT2D eigenvalue weighted by Gasteiger charge is 2.34. The molecular weight excluding hydrogens is 272 g/mol. The van der Waals surface area contributed by atoms with Crippen LogP contribution in [0.4, 0.5) is 4.79 Å². The SMILES string of the molecule is Cc1cc(C(C)NC(=O)NC2CCCC2C(=O)O)c(C)o1. The van der Waals surface area contributed by atoms with Crippen LogP contribution in [0, 0.1) is 19.8 Å². The molecule has 3 N–H and O–H groups in total. The number of carboxylic acid groups (broad SMARTS) is 1. The van der Waals surface area contributed by atoms with Gasteiger partial charge in [-0.05, 0) is 39.7 Å². The molecule has 3 unspecified atom stereocenters. The van der Waals surface area contributed by atoms with Gasteiger partial charge in [0.2, 0.25) is 0 Å². The van der Waals surface area contributed by atoms with Gasteiger partial charge in [0.25, 0.3) is 0 Å². The van der Waals surface area contributed by atoms with E-state index in [0.717, 1.165) is 23.5 Å². The van der Waals surface area contributed by atoms with Crippen molar-refractivity contribution < 1.29 is 19.1 Å². The Morgan fingerprint density at radius 3 is 2.67 bits per heavy atom. The highest BCUT2D eigenvalue weighted by molar-refractivity contribution is 5.77. The van der Waals surface area contributed by atoms with Crippen LogP contribution in [0.5, 0.6) is 0 Å². The Labute approximate surface area is 123 Å². The van der Waals surface area contributed by atoms with Gasteiger partial charge in [0, 0.05) is 11.6 Å². The summed E-state index contributed by atoms with van der Waals surface area (Å²) in [6, 6.07) is 1.09. The second-order valence-electron chi connectivity index (χ2n) is 5.69. The predicted molar refractivity (Wildman–Crippen MR) is 77.0 cm³/mol. The molecule has 1 fully saturated rings. The van der Waals surface area contributed by atoms with Gasteiger partial charge in [-0.25, -0.2) is 4.79 Å². The third kappa shape index (κ3) is 3.56. The molecule has 3 atom stereocenters. The molecule has 0 aromatic carbocycles. The van der Waals surface area contributed by atoms with Crippen molar-refractivity contribution in [2.45, 2.75) is 52.1 Å². The molecule has 116 valence electrons. The molecule has 2 amide bonds. The lowest BCUT2D eigenvalue weighted by Crippen LogP contribution is -2.46. The molecule has 0 aliphatic heterocycles. The molecule has 2 rings (SSSR count). The zero-order valence-corrected chi connectivity index (χ0v) is 12.6. The minimum Gasteiger partial charge on any atom is -0.481 e. The number of rotatable bonds is 4. The number of aliphatic carboxylic acids is 1. The summed E-state index contributed by atoms with van der Waals surface area (Å²) in [6.45, 7) is 5.59. The van der Waals surface area contributed by atoms with Gasteiger partial charge in [-0.15, -0.1) is 0 Å². The molecular formula is C15H22N2O4. The van der Waals surface area contributed by atoms with Crippen molar-refractivity contribution in [2.75, 3.05) is 0 Å². The summed E-state index contributed by atoms with van der Waals surface area (Å²) in [5.41, 5.74) is 0.934. The van der Waals surface area contributed by atoms with Crippen LogP contribution in [0.15, 0.2) is 10.5 Å². The van der Waals surface area contributed by atoms with Crippen LogP contribution < -0.4 is 10.6 Å². The molecule has 1 saturated carbocycles. The van der Waals surface area contributed by atoms with E-state index in [1.807, 2.05) is 26.8 Å². The van der Waals surface area contributed by atoms with Crippen LogP contribution >= 0.6 is 0 Å². The minimum absolute atomic E-state index is 0.188. The number of carbonyl (C=O) groups excluding carboxylic acids is 1. The Kier molecular flexibility index (Phi) is 4.55. The normalized spacial score (nSPS) is 22.8. The molecule has 21 heavy (non-hydrogen) atoms. The van der Waals surface area contributed by atoms with Gasteiger partial charge in [-0.3, -0.25) is 4.79 Å². The number of urea groups is 1. The topological polar surface area (TPSA) is 91.6 Å². The van der Waals surface area contributed by atoms with Gasteiger partial charge in [0.15, 0.2) is 0 Å². The number of nitrogens with one attached hydrogen (secondary N) is 2. The molecule has 1 aliphatic rings. The summed E-state index contributed by atoms with van der Waals surface area (Å²) in [6.07, 6.45) is 2.16. The first-order valence-electron chi connectivity index (χ1n) is 7.25. The average molecular weight is 294 g/mol. The molecule has 0 bridgehead atoms. The van der Waals surface area contributed by atoms with Crippen LogP contribution in [0.1, 0.15) is 49.3 Å². The Morgan fingerprint density at radius 1 is 1.38 bits per heavy atom. The molecule has 6 heteroatoms. The van der Waals surface area contributed by atoms with E-state index in [1.165, 1.54) is 0 Å². The molecule has 1 aromatic rings. The zero-order chi connectivity index (χ0) is 15.6. The van der Waals surface area contributed by atoms with Gasteiger partial charge < -0.3 is 20.2 Å². The quantitative estimate of drug-likeness (QED) is 0.795. The second-order valence-corrected chi connectivity index (χ2v) is 5.69. The van der Waals surface area contributed by atoms with Crippen LogP contribution in [0.25, 0.3) is 0 Å². The number of hydrogen-bond acceptors (Lipinski definition) is 3. The molecule has 6 nitrogen and oxygen atoms in total. The van der Waals surface area contributed by atoms with E-state index >= 15 is 0 Å². The number of hydrogen-bond donors (Lipinski definition) is 3. The van der Waals surface area contributed by atoms with Crippen LogP contribution in [-0.2, 0) is 4.79 Å². The highest BCUT2D eigenvalue weighted by atomic mass is 16.4. The van der Waals surface area contributed by atoms with Crippen molar-refractivity contribution in [2.24, 2.45) is 5.92 Å². The lowest BCUT2D eigenvalue weighted by molar-refractivity contribution is -0.142. The van der Waals surface area contributed by atoms with Crippen molar-refractivity contribution in [3.05, 3.63) is 23.2 Å². The van der Waals surface area contributed by atoms with E-state index in [-0.39, 0.29) is 18.1 Å². The van der Waals surface area contributed by atoms with Crippen molar-refractivity contribution in [3.63, 3.8) is 0 Å². The maximum atomic E-state index is 12.0. The fourth-order valence-electron chi connectivity index (χ4n) is 2.99. The summed E-state index contributed by atoms with van der Waals surface area (Å²) in [5, 5.41) is 14.7. The van der Waals surface area contributed by atoms with E-state index in [1.54, 1.807) is 0 Å². The average Bonchev–Trinajstić information content (AvgIpc) is 2.95. The molecule has 0 radical (unpaired) electrons. The number of aryl methyl sites for hydroxylation is 2. The Morgan fingerprint density at radius 2 is 2.10 bits per heavy atom.